The number of fused-ring (bicyclic) bond motifs is 2. The van der Waals surface area contributed by atoms with Crippen LogP contribution in [0, 0.1) is 0 Å². The van der Waals surface area contributed by atoms with Gasteiger partial charge in [-0.05, 0) is 57.2 Å². The molecule has 4 N–H and O–H groups in total. The number of hydrogen-bond acceptors (Lipinski definition) is 5. The third-order valence-corrected chi connectivity index (χ3v) is 7.23. The van der Waals surface area contributed by atoms with Crippen molar-refractivity contribution in [1.82, 2.24) is 9.97 Å². The highest BCUT2D eigenvalue weighted by atomic mass is 79.9. The van der Waals surface area contributed by atoms with Crippen molar-refractivity contribution in [2.24, 2.45) is 0 Å². The topological polar surface area (TPSA) is 150 Å². The molecule has 3 aromatic carbocycles. The highest BCUT2D eigenvalue weighted by molar-refractivity contribution is 9.11. The zero-order valence-electron chi connectivity index (χ0n) is 21.8. The second-order valence-electron chi connectivity index (χ2n) is 9.39. The van der Waals surface area contributed by atoms with Gasteiger partial charge in [-0.1, -0.05) is 60.1 Å². The summed E-state index contributed by atoms with van der Waals surface area (Å²) in [5.74, 6) is -1.63. The van der Waals surface area contributed by atoms with Gasteiger partial charge in [0.2, 0.25) is 0 Å². The molecular formula is C30H24Br2N2O7. The van der Waals surface area contributed by atoms with E-state index in [1.807, 2.05) is 50.2 Å². The standard InChI is InChI=1S/C17H12BrNO4.C13H12BrNO3/c18-11-6-12-14(20)8-13(17(21)22)19-16(12)15(7-11)23-9-10-4-2-1-3-5-10;1-6(2)7-3-8-11(16)5-10(13(17)18)15-12(8)9(14)4-7/h1-8H,9H2,(H,19,20)(H,21,22);3-6H,1-2H3,(H,15,16)(H,17,18). The molecule has 41 heavy (non-hydrogen) atoms. The van der Waals surface area contributed by atoms with Gasteiger partial charge in [-0.15, -0.1) is 0 Å². The third kappa shape index (κ3) is 6.93. The number of ether oxygens (including phenoxy) is 1. The van der Waals surface area contributed by atoms with E-state index < -0.39 is 11.9 Å². The summed E-state index contributed by atoms with van der Waals surface area (Å²) in [7, 11) is 0. The van der Waals surface area contributed by atoms with Crippen molar-refractivity contribution >= 4 is 65.6 Å². The van der Waals surface area contributed by atoms with Gasteiger partial charge in [0.05, 0.1) is 16.4 Å². The average molecular weight is 684 g/mol. The molecule has 5 aromatic rings. The number of carbonyl (C=O) groups is 2. The first-order valence-corrected chi connectivity index (χ1v) is 13.9. The van der Waals surface area contributed by atoms with Gasteiger partial charge in [0.25, 0.3) is 0 Å². The van der Waals surface area contributed by atoms with Gasteiger partial charge in [-0.3, -0.25) is 9.59 Å². The van der Waals surface area contributed by atoms with Gasteiger partial charge < -0.3 is 24.9 Å². The van der Waals surface area contributed by atoms with Crippen molar-refractivity contribution in [2.45, 2.75) is 26.4 Å². The molecule has 0 saturated carbocycles. The van der Waals surface area contributed by atoms with Crippen LogP contribution in [0.5, 0.6) is 5.75 Å². The van der Waals surface area contributed by atoms with Crippen LogP contribution in [0.1, 0.15) is 51.9 Å². The molecule has 0 aliphatic rings. The first-order valence-electron chi connectivity index (χ1n) is 12.3. The number of aromatic carboxylic acids is 2. The fraction of sp³-hybridized carbons (Fsp3) is 0.133. The van der Waals surface area contributed by atoms with Crippen LogP contribution in [0.15, 0.2) is 85.3 Å². The fourth-order valence-corrected chi connectivity index (χ4v) is 5.04. The maximum atomic E-state index is 12.1. The Labute approximate surface area is 250 Å². The Morgan fingerprint density at radius 1 is 0.805 bits per heavy atom. The Morgan fingerprint density at radius 3 is 1.93 bits per heavy atom. The van der Waals surface area contributed by atoms with Crippen LogP contribution in [-0.2, 0) is 6.61 Å². The summed E-state index contributed by atoms with van der Waals surface area (Å²) in [5, 5.41) is 18.9. The lowest BCUT2D eigenvalue weighted by Crippen LogP contribution is -2.10. The van der Waals surface area contributed by atoms with Crippen LogP contribution in [0.3, 0.4) is 0 Å². The number of pyridine rings is 2. The number of carboxylic acid groups (broad SMARTS) is 2. The van der Waals surface area contributed by atoms with Crippen molar-refractivity contribution in [2.75, 3.05) is 0 Å². The smallest absolute Gasteiger partial charge is 0.352 e. The number of aromatic amines is 2. The second kappa shape index (κ2) is 12.5. The summed E-state index contributed by atoms with van der Waals surface area (Å²) >= 11 is 6.71. The summed E-state index contributed by atoms with van der Waals surface area (Å²) < 4.78 is 7.16. The Morgan fingerprint density at radius 2 is 1.37 bits per heavy atom. The number of carboxylic acids is 2. The number of hydrogen-bond donors (Lipinski definition) is 4. The summed E-state index contributed by atoms with van der Waals surface area (Å²) in [6.07, 6.45) is 0. The lowest BCUT2D eigenvalue weighted by atomic mass is 10.0. The highest BCUT2D eigenvalue weighted by Gasteiger charge is 2.14. The molecule has 0 radical (unpaired) electrons. The summed E-state index contributed by atoms with van der Waals surface area (Å²) in [6.45, 7) is 4.38. The van der Waals surface area contributed by atoms with E-state index in [9.17, 15) is 19.2 Å². The first kappa shape index (κ1) is 29.8. The minimum absolute atomic E-state index is 0.106. The van der Waals surface area contributed by atoms with Gasteiger partial charge >= 0.3 is 11.9 Å². The van der Waals surface area contributed by atoms with Crippen molar-refractivity contribution in [1.29, 1.82) is 0 Å². The predicted octanol–water partition coefficient (Wildman–Crippen LogP) is 6.68. The average Bonchev–Trinajstić information content (AvgIpc) is 2.93. The molecule has 0 amide bonds. The molecule has 5 rings (SSSR count). The van der Waals surface area contributed by atoms with Crippen molar-refractivity contribution < 1.29 is 24.5 Å². The lowest BCUT2D eigenvalue weighted by Gasteiger charge is -2.11. The molecule has 0 bridgehead atoms. The van der Waals surface area contributed by atoms with Crippen LogP contribution < -0.4 is 15.6 Å². The van der Waals surface area contributed by atoms with E-state index in [2.05, 4.69) is 41.8 Å². The quantitative estimate of drug-likeness (QED) is 0.156. The van der Waals surface area contributed by atoms with Gasteiger partial charge in [0.1, 0.15) is 23.7 Å². The predicted molar refractivity (Wildman–Crippen MR) is 163 cm³/mol. The van der Waals surface area contributed by atoms with Gasteiger partial charge in [-0.25, -0.2) is 9.59 Å². The van der Waals surface area contributed by atoms with E-state index in [1.165, 1.54) is 0 Å². The van der Waals surface area contributed by atoms with E-state index in [1.54, 1.807) is 18.2 Å². The van der Waals surface area contributed by atoms with E-state index in [0.29, 0.717) is 49.0 Å². The maximum absolute atomic E-state index is 12.1. The number of rotatable bonds is 6. The molecule has 0 atom stereocenters. The SMILES string of the molecule is CC(C)c1cc(Br)c2[nH]c(C(=O)O)cc(=O)c2c1.O=C(O)c1cc(=O)c2cc(Br)cc(OCc3ccccc3)c2[nH]1. The molecule has 9 nitrogen and oxygen atoms in total. The molecule has 11 heteroatoms. The fourth-order valence-electron chi connectivity index (χ4n) is 4.03. The number of nitrogens with one attached hydrogen (secondary N) is 2. The monoisotopic (exact) mass is 682 g/mol. The zero-order valence-corrected chi connectivity index (χ0v) is 25.0. The molecule has 0 saturated heterocycles. The van der Waals surface area contributed by atoms with E-state index in [-0.39, 0.29) is 22.2 Å². The Kier molecular flexibility index (Phi) is 9.09. The molecule has 0 aliphatic carbocycles. The molecular weight excluding hydrogens is 660 g/mol. The van der Waals surface area contributed by atoms with E-state index in [0.717, 1.165) is 23.3 Å². The second-order valence-corrected chi connectivity index (χ2v) is 11.2. The third-order valence-electron chi connectivity index (χ3n) is 6.15. The number of benzene rings is 3. The molecule has 0 unspecified atom stereocenters. The van der Waals surface area contributed by atoms with Crippen LogP contribution in [0.25, 0.3) is 21.8 Å². The highest BCUT2D eigenvalue weighted by Crippen LogP contribution is 2.29. The molecule has 0 fully saturated rings. The molecule has 0 aliphatic heterocycles. The van der Waals surface area contributed by atoms with Gasteiger partial charge in [0, 0.05) is 26.5 Å². The largest absolute Gasteiger partial charge is 0.487 e. The van der Waals surface area contributed by atoms with E-state index in [4.69, 9.17) is 14.9 Å². The number of aromatic nitrogens is 2. The minimum Gasteiger partial charge on any atom is -0.487 e. The van der Waals surface area contributed by atoms with Crippen LogP contribution >= 0.6 is 31.9 Å². The normalized spacial score (nSPS) is 10.9. The van der Waals surface area contributed by atoms with Crippen LogP contribution in [0.2, 0.25) is 0 Å². The number of halogens is 2. The maximum Gasteiger partial charge on any atom is 0.352 e. The zero-order chi connectivity index (χ0) is 29.8. The summed E-state index contributed by atoms with van der Waals surface area (Å²) in [6, 6.07) is 18.8. The Balaban J connectivity index is 0.000000195. The minimum atomic E-state index is -1.19. The Hall–Kier alpha value is -4.22. The van der Waals surface area contributed by atoms with Crippen molar-refractivity contribution in [3.63, 3.8) is 0 Å². The first-order chi connectivity index (χ1) is 19.4. The Bertz CT molecular complexity index is 1900. The van der Waals surface area contributed by atoms with Gasteiger partial charge in [0.15, 0.2) is 10.9 Å². The van der Waals surface area contributed by atoms with Crippen LogP contribution in [0.4, 0.5) is 0 Å². The summed E-state index contributed by atoms with van der Waals surface area (Å²) in [5.41, 5.74) is 1.95. The van der Waals surface area contributed by atoms with Crippen molar-refractivity contribution in [3.05, 3.63) is 119 Å². The van der Waals surface area contributed by atoms with Gasteiger partial charge in [-0.2, -0.15) is 0 Å². The number of H-pyrrole nitrogens is 2. The molecule has 2 heterocycles. The molecule has 2 aromatic heterocycles. The summed E-state index contributed by atoms with van der Waals surface area (Å²) in [4.78, 5) is 51.6. The lowest BCUT2D eigenvalue weighted by molar-refractivity contribution is 0.0680. The molecule has 0 spiro atoms. The van der Waals surface area contributed by atoms with Crippen molar-refractivity contribution in [3.8, 4) is 5.75 Å². The van der Waals surface area contributed by atoms with E-state index >= 15 is 0 Å². The van der Waals surface area contributed by atoms with Crippen LogP contribution in [-0.4, -0.2) is 32.1 Å². The molecule has 210 valence electrons.